The van der Waals surface area contributed by atoms with Gasteiger partial charge in [0.1, 0.15) is 5.75 Å². The highest BCUT2D eigenvalue weighted by atomic mass is 16.5. The molecule has 1 heterocycles. The number of para-hydroxylation sites is 1. The van der Waals surface area contributed by atoms with Gasteiger partial charge in [-0.3, -0.25) is 4.79 Å². The molecule has 3 aromatic carbocycles. The lowest BCUT2D eigenvalue weighted by Crippen LogP contribution is -2.23. The van der Waals surface area contributed by atoms with E-state index in [2.05, 4.69) is 5.32 Å². The molecule has 1 aromatic heterocycles. The van der Waals surface area contributed by atoms with Gasteiger partial charge in [-0.2, -0.15) is 5.10 Å². The number of carbonyl (C=O) groups excluding carboxylic acids is 1. The van der Waals surface area contributed by atoms with Crippen molar-refractivity contribution in [3.63, 3.8) is 0 Å². The van der Waals surface area contributed by atoms with E-state index < -0.39 is 0 Å². The molecule has 0 spiro atoms. The molecule has 0 aliphatic heterocycles. The molecule has 0 unspecified atom stereocenters. The maximum Gasteiger partial charge on any atom is 0.251 e. The summed E-state index contributed by atoms with van der Waals surface area (Å²) in [5.41, 5.74) is 5.19. The third kappa shape index (κ3) is 3.96. The van der Waals surface area contributed by atoms with Crippen LogP contribution in [0.25, 0.3) is 16.9 Å². The van der Waals surface area contributed by atoms with Crippen LogP contribution in [0, 0.1) is 6.92 Å². The van der Waals surface area contributed by atoms with Gasteiger partial charge in [0, 0.05) is 35.0 Å². The van der Waals surface area contributed by atoms with Gasteiger partial charge in [-0.15, -0.1) is 0 Å². The summed E-state index contributed by atoms with van der Waals surface area (Å²) in [4.78, 5) is 12.8. The van der Waals surface area contributed by atoms with E-state index in [9.17, 15) is 4.79 Å². The summed E-state index contributed by atoms with van der Waals surface area (Å²) < 4.78 is 7.18. The second-order valence-corrected chi connectivity index (χ2v) is 6.96. The molecule has 0 saturated carbocycles. The summed E-state index contributed by atoms with van der Waals surface area (Å²) in [6.45, 7) is 2.25. The molecule has 0 saturated heterocycles. The van der Waals surface area contributed by atoms with Gasteiger partial charge in [-0.25, -0.2) is 4.68 Å². The number of nitrogens with zero attached hydrogens (tertiary/aromatic N) is 2. The third-order valence-electron chi connectivity index (χ3n) is 5.05. The smallest absolute Gasteiger partial charge is 0.251 e. The molecule has 1 N–H and O–H groups in total. The van der Waals surface area contributed by atoms with Gasteiger partial charge in [-0.05, 0) is 31.2 Å². The van der Waals surface area contributed by atoms with Crippen molar-refractivity contribution in [1.82, 2.24) is 15.1 Å². The fraction of sp³-hybridized carbons (Fsp3) is 0.120. The Morgan fingerprint density at radius 1 is 0.967 bits per heavy atom. The SMILES string of the molecule is COc1cccc(C(=O)NCc2cn(-c3ccccc3)nc2-c2ccccc2)c1C. The molecule has 150 valence electrons. The Morgan fingerprint density at radius 2 is 1.67 bits per heavy atom. The Kier molecular flexibility index (Phi) is 5.61. The van der Waals surface area contributed by atoms with E-state index in [0.29, 0.717) is 17.9 Å². The molecule has 4 aromatic rings. The molecule has 4 rings (SSSR count). The van der Waals surface area contributed by atoms with Crippen molar-refractivity contribution in [1.29, 1.82) is 0 Å². The minimum atomic E-state index is -0.141. The normalized spacial score (nSPS) is 10.6. The summed E-state index contributed by atoms with van der Waals surface area (Å²) in [7, 11) is 1.61. The third-order valence-corrected chi connectivity index (χ3v) is 5.05. The molecule has 1 amide bonds. The van der Waals surface area contributed by atoms with Crippen LogP contribution in [-0.2, 0) is 6.54 Å². The van der Waals surface area contributed by atoms with Gasteiger partial charge in [-0.1, -0.05) is 54.6 Å². The van der Waals surface area contributed by atoms with Gasteiger partial charge in [0.2, 0.25) is 0 Å². The Balaban J connectivity index is 1.63. The van der Waals surface area contributed by atoms with E-state index >= 15 is 0 Å². The van der Waals surface area contributed by atoms with Crippen molar-refractivity contribution >= 4 is 5.91 Å². The first-order valence-corrected chi connectivity index (χ1v) is 9.78. The summed E-state index contributed by atoms with van der Waals surface area (Å²) in [6.07, 6.45) is 1.97. The van der Waals surface area contributed by atoms with Crippen molar-refractivity contribution in [2.45, 2.75) is 13.5 Å². The maximum absolute atomic E-state index is 12.8. The number of carbonyl (C=O) groups is 1. The second-order valence-electron chi connectivity index (χ2n) is 6.96. The molecule has 0 aliphatic carbocycles. The first-order chi connectivity index (χ1) is 14.7. The molecule has 0 radical (unpaired) electrons. The number of nitrogens with one attached hydrogen (secondary N) is 1. The quantitative estimate of drug-likeness (QED) is 0.509. The minimum Gasteiger partial charge on any atom is -0.496 e. The first-order valence-electron chi connectivity index (χ1n) is 9.78. The highest BCUT2D eigenvalue weighted by molar-refractivity contribution is 5.96. The van der Waals surface area contributed by atoms with Crippen LogP contribution in [0.4, 0.5) is 0 Å². The highest BCUT2D eigenvalue weighted by Gasteiger charge is 2.16. The van der Waals surface area contributed by atoms with E-state index in [-0.39, 0.29) is 5.91 Å². The molecule has 0 aliphatic rings. The van der Waals surface area contributed by atoms with Crippen LogP contribution in [0.5, 0.6) is 5.75 Å². The molecule has 0 fully saturated rings. The Hall–Kier alpha value is -3.86. The number of amides is 1. The monoisotopic (exact) mass is 397 g/mol. The minimum absolute atomic E-state index is 0.141. The zero-order valence-corrected chi connectivity index (χ0v) is 17.0. The molecule has 5 nitrogen and oxygen atoms in total. The molecular weight excluding hydrogens is 374 g/mol. The van der Waals surface area contributed by atoms with Crippen molar-refractivity contribution in [2.24, 2.45) is 0 Å². The molecule has 5 heteroatoms. The molecular formula is C25H23N3O2. The van der Waals surface area contributed by atoms with Crippen LogP contribution in [0.15, 0.2) is 85.1 Å². The Labute approximate surface area is 175 Å². The van der Waals surface area contributed by atoms with E-state index in [1.54, 1.807) is 13.2 Å². The molecule has 0 bridgehead atoms. The zero-order valence-electron chi connectivity index (χ0n) is 17.0. The fourth-order valence-corrected chi connectivity index (χ4v) is 3.44. The maximum atomic E-state index is 12.8. The number of aromatic nitrogens is 2. The number of methoxy groups -OCH3 is 1. The van der Waals surface area contributed by atoms with Crippen molar-refractivity contribution in [3.05, 3.63) is 102 Å². The van der Waals surface area contributed by atoms with Gasteiger partial charge in [0.15, 0.2) is 0 Å². The van der Waals surface area contributed by atoms with Crippen LogP contribution >= 0.6 is 0 Å². The lowest BCUT2D eigenvalue weighted by Gasteiger charge is -2.11. The van der Waals surface area contributed by atoms with Crippen molar-refractivity contribution in [3.8, 4) is 22.7 Å². The van der Waals surface area contributed by atoms with Crippen LogP contribution in [-0.4, -0.2) is 22.8 Å². The van der Waals surface area contributed by atoms with Gasteiger partial charge < -0.3 is 10.1 Å². The first kappa shape index (κ1) is 19.5. The van der Waals surface area contributed by atoms with Crippen LogP contribution in [0.1, 0.15) is 21.5 Å². The molecule has 0 atom stereocenters. The topological polar surface area (TPSA) is 56.1 Å². The molecule has 30 heavy (non-hydrogen) atoms. The lowest BCUT2D eigenvalue weighted by molar-refractivity contribution is 0.0950. The van der Waals surface area contributed by atoms with E-state index in [1.165, 1.54) is 0 Å². The van der Waals surface area contributed by atoms with Gasteiger partial charge in [0.25, 0.3) is 5.91 Å². The Bertz CT molecular complexity index is 1150. The van der Waals surface area contributed by atoms with E-state index in [4.69, 9.17) is 9.84 Å². The second kappa shape index (κ2) is 8.66. The van der Waals surface area contributed by atoms with Gasteiger partial charge >= 0.3 is 0 Å². The average Bonchev–Trinajstić information content (AvgIpc) is 3.23. The summed E-state index contributed by atoms with van der Waals surface area (Å²) in [5.74, 6) is 0.558. The van der Waals surface area contributed by atoms with Gasteiger partial charge in [0.05, 0.1) is 18.5 Å². The van der Waals surface area contributed by atoms with Crippen LogP contribution in [0.3, 0.4) is 0 Å². The summed E-state index contributed by atoms with van der Waals surface area (Å²) in [6, 6.07) is 25.4. The van der Waals surface area contributed by atoms with Crippen molar-refractivity contribution < 1.29 is 9.53 Å². The summed E-state index contributed by atoms with van der Waals surface area (Å²) >= 11 is 0. The fourth-order valence-electron chi connectivity index (χ4n) is 3.44. The number of hydrogen-bond acceptors (Lipinski definition) is 3. The van der Waals surface area contributed by atoms with Crippen LogP contribution < -0.4 is 10.1 Å². The number of benzene rings is 3. The lowest BCUT2D eigenvalue weighted by atomic mass is 10.1. The number of ether oxygens (including phenoxy) is 1. The van der Waals surface area contributed by atoms with Crippen molar-refractivity contribution in [2.75, 3.05) is 7.11 Å². The zero-order chi connectivity index (χ0) is 20.9. The predicted octanol–water partition coefficient (Wildman–Crippen LogP) is 4.79. The standard InChI is InChI=1S/C25H23N3O2/c1-18-22(14-9-15-23(18)30-2)25(29)26-16-20-17-28(21-12-7-4-8-13-21)27-24(20)19-10-5-3-6-11-19/h3-15,17H,16H2,1-2H3,(H,26,29). The average molecular weight is 397 g/mol. The van der Waals surface area contributed by atoms with E-state index in [0.717, 1.165) is 28.1 Å². The largest absolute Gasteiger partial charge is 0.496 e. The van der Waals surface area contributed by atoms with Crippen LogP contribution in [0.2, 0.25) is 0 Å². The highest BCUT2D eigenvalue weighted by Crippen LogP contribution is 2.24. The van der Waals surface area contributed by atoms with E-state index in [1.807, 2.05) is 90.6 Å². The number of rotatable bonds is 6. The number of hydrogen-bond donors (Lipinski definition) is 1. The Morgan fingerprint density at radius 3 is 2.37 bits per heavy atom. The predicted molar refractivity (Wildman–Crippen MR) is 118 cm³/mol. The summed E-state index contributed by atoms with van der Waals surface area (Å²) in [5, 5.41) is 7.83.